The SMILES string of the molecule is CCOCCOc1cc(C(F)(F)F)cc(NC)n1. The summed E-state index contributed by atoms with van der Waals surface area (Å²) in [5, 5.41) is 2.56. The molecule has 1 rings (SSSR count). The van der Waals surface area contributed by atoms with Crippen LogP contribution in [0, 0.1) is 0 Å². The molecule has 0 atom stereocenters. The lowest BCUT2D eigenvalue weighted by Crippen LogP contribution is -2.11. The van der Waals surface area contributed by atoms with E-state index in [1.54, 1.807) is 0 Å². The Morgan fingerprint density at radius 1 is 1.28 bits per heavy atom. The van der Waals surface area contributed by atoms with Gasteiger partial charge in [0.25, 0.3) is 0 Å². The van der Waals surface area contributed by atoms with Crippen LogP contribution in [0.1, 0.15) is 12.5 Å². The molecule has 0 saturated heterocycles. The number of nitrogens with one attached hydrogen (secondary N) is 1. The number of anilines is 1. The number of halogens is 3. The van der Waals surface area contributed by atoms with Crippen molar-refractivity contribution >= 4 is 5.82 Å². The van der Waals surface area contributed by atoms with Gasteiger partial charge in [0.2, 0.25) is 5.88 Å². The number of ether oxygens (including phenoxy) is 2. The highest BCUT2D eigenvalue weighted by Gasteiger charge is 2.31. The Kier molecular flexibility index (Phi) is 5.21. The molecule has 0 aliphatic rings. The molecule has 1 aromatic rings. The maximum atomic E-state index is 12.6. The summed E-state index contributed by atoms with van der Waals surface area (Å²) in [5.74, 6) is 0.0325. The number of hydrogen-bond acceptors (Lipinski definition) is 4. The van der Waals surface area contributed by atoms with Crippen molar-refractivity contribution in [2.75, 3.05) is 32.2 Å². The first-order chi connectivity index (χ1) is 8.47. The summed E-state index contributed by atoms with van der Waals surface area (Å²) in [7, 11) is 1.49. The Morgan fingerprint density at radius 2 is 2.00 bits per heavy atom. The third-order valence-electron chi connectivity index (χ3n) is 2.07. The molecule has 0 bridgehead atoms. The van der Waals surface area contributed by atoms with Gasteiger partial charge in [0.1, 0.15) is 12.4 Å². The summed E-state index contributed by atoms with van der Waals surface area (Å²) >= 11 is 0. The molecule has 0 amide bonds. The second-order valence-corrected chi connectivity index (χ2v) is 3.37. The van der Waals surface area contributed by atoms with Crippen molar-refractivity contribution in [2.45, 2.75) is 13.1 Å². The standard InChI is InChI=1S/C11H15F3N2O2/c1-3-17-4-5-18-10-7-8(11(12,13)14)6-9(15-2)16-10/h6-7H,3-5H2,1-2H3,(H,15,16). The van der Waals surface area contributed by atoms with Crippen LogP contribution in [-0.4, -0.2) is 31.9 Å². The second kappa shape index (κ2) is 6.44. The van der Waals surface area contributed by atoms with E-state index in [0.717, 1.165) is 12.1 Å². The summed E-state index contributed by atoms with van der Waals surface area (Å²) in [6.45, 7) is 2.82. The third-order valence-corrected chi connectivity index (χ3v) is 2.07. The second-order valence-electron chi connectivity index (χ2n) is 3.37. The molecule has 0 spiro atoms. The number of alkyl halides is 3. The average molecular weight is 264 g/mol. The predicted octanol–water partition coefficient (Wildman–Crippen LogP) is 2.56. The van der Waals surface area contributed by atoms with Crippen LogP contribution in [-0.2, 0) is 10.9 Å². The smallest absolute Gasteiger partial charge is 0.416 e. The van der Waals surface area contributed by atoms with E-state index < -0.39 is 11.7 Å². The number of pyridine rings is 1. The molecule has 18 heavy (non-hydrogen) atoms. The van der Waals surface area contributed by atoms with Crippen LogP contribution in [0.15, 0.2) is 12.1 Å². The molecule has 7 heteroatoms. The number of hydrogen-bond donors (Lipinski definition) is 1. The van der Waals surface area contributed by atoms with Gasteiger partial charge in [0.15, 0.2) is 0 Å². The number of aromatic nitrogens is 1. The summed E-state index contributed by atoms with van der Waals surface area (Å²) < 4.78 is 47.9. The van der Waals surface area contributed by atoms with Crippen molar-refractivity contribution in [1.82, 2.24) is 4.98 Å². The Labute approximate surface area is 103 Å². The zero-order valence-electron chi connectivity index (χ0n) is 10.2. The van der Waals surface area contributed by atoms with E-state index in [0.29, 0.717) is 13.2 Å². The monoisotopic (exact) mass is 264 g/mol. The molecular formula is C11H15F3N2O2. The lowest BCUT2D eigenvalue weighted by atomic mass is 10.2. The van der Waals surface area contributed by atoms with Crippen LogP contribution in [0.4, 0.5) is 19.0 Å². The van der Waals surface area contributed by atoms with Crippen molar-refractivity contribution in [3.8, 4) is 5.88 Å². The number of nitrogens with zero attached hydrogens (tertiary/aromatic N) is 1. The molecule has 102 valence electrons. The van der Waals surface area contributed by atoms with Crippen molar-refractivity contribution in [3.05, 3.63) is 17.7 Å². The van der Waals surface area contributed by atoms with Crippen molar-refractivity contribution in [3.63, 3.8) is 0 Å². The minimum absolute atomic E-state index is 0.0751. The van der Waals surface area contributed by atoms with Gasteiger partial charge in [-0.3, -0.25) is 0 Å². The van der Waals surface area contributed by atoms with Crippen LogP contribution in [0.2, 0.25) is 0 Å². The van der Waals surface area contributed by atoms with Gasteiger partial charge in [-0.25, -0.2) is 0 Å². The highest BCUT2D eigenvalue weighted by atomic mass is 19.4. The first-order valence-corrected chi connectivity index (χ1v) is 5.45. The summed E-state index contributed by atoms with van der Waals surface area (Å²) in [5.41, 5.74) is -0.798. The van der Waals surface area contributed by atoms with Crippen molar-refractivity contribution < 1.29 is 22.6 Å². The van der Waals surface area contributed by atoms with Gasteiger partial charge < -0.3 is 14.8 Å². The fraction of sp³-hybridized carbons (Fsp3) is 0.545. The zero-order valence-corrected chi connectivity index (χ0v) is 10.2. The van der Waals surface area contributed by atoms with E-state index in [2.05, 4.69) is 10.3 Å². The molecule has 0 aliphatic heterocycles. The van der Waals surface area contributed by atoms with Crippen LogP contribution in [0.3, 0.4) is 0 Å². The molecule has 0 fully saturated rings. The molecule has 1 aromatic heterocycles. The molecule has 0 radical (unpaired) electrons. The summed E-state index contributed by atoms with van der Waals surface area (Å²) in [6, 6.07) is 1.79. The van der Waals surface area contributed by atoms with Gasteiger partial charge in [-0.1, -0.05) is 0 Å². The fourth-order valence-corrected chi connectivity index (χ4v) is 1.22. The van der Waals surface area contributed by atoms with Crippen LogP contribution in [0.25, 0.3) is 0 Å². The van der Waals surface area contributed by atoms with Gasteiger partial charge in [-0.2, -0.15) is 18.2 Å². The largest absolute Gasteiger partial charge is 0.475 e. The molecular weight excluding hydrogens is 249 g/mol. The molecule has 4 nitrogen and oxygen atoms in total. The molecule has 0 aliphatic carbocycles. The Bertz CT molecular complexity index is 383. The molecule has 0 saturated carbocycles. The number of rotatable bonds is 6. The van der Waals surface area contributed by atoms with Gasteiger partial charge in [-0.05, 0) is 13.0 Å². The minimum Gasteiger partial charge on any atom is -0.475 e. The first kappa shape index (κ1) is 14.6. The highest BCUT2D eigenvalue weighted by Crippen LogP contribution is 2.32. The molecule has 0 unspecified atom stereocenters. The van der Waals surface area contributed by atoms with Gasteiger partial charge in [0.05, 0.1) is 12.2 Å². The highest BCUT2D eigenvalue weighted by molar-refractivity contribution is 5.42. The topological polar surface area (TPSA) is 43.4 Å². The lowest BCUT2D eigenvalue weighted by molar-refractivity contribution is -0.137. The quantitative estimate of drug-likeness (QED) is 0.802. The van der Waals surface area contributed by atoms with Crippen LogP contribution < -0.4 is 10.1 Å². The van der Waals surface area contributed by atoms with Crippen LogP contribution in [0.5, 0.6) is 5.88 Å². The Hall–Kier alpha value is -1.50. The lowest BCUT2D eigenvalue weighted by Gasteiger charge is -2.12. The van der Waals surface area contributed by atoms with Crippen molar-refractivity contribution in [2.24, 2.45) is 0 Å². The Morgan fingerprint density at radius 3 is 2.56 bits per heavy atom. The maximum Gasteiger partial charge on any atom is 0.416 e. The Balaban J connectivity index is 2.78. The third kappa shape index (κ3) is 4.40. The molecule has 1 heterocycles. The summed E-state index contributed by atoms with van der Waals surface area (Å²) in [6.07, 6.45) is -4.42. The van der Waals surface area contributed by atoms with E-state index in [1.165, 1.54) is 7.05 Å². The van der Waals surface area contributed by atoms with Gasteiger partial charge in [-0.15, -0.1) is 0 Å². The van der Waals surface area contributed by atoms with Gasteiger partial charge in [0, 0.05) is 19.7 Å². The van der Waals surface area contributed by atoms with Crippen molar-refractivity contribution in [1.29, 1.82) is 0 Å². The maximum absolute atomic E-state index is 12.6. The van der Waals surface area contributed by atoms with E-state index in [-0.39, 0.29) is 18.3 Å². The van der Waals surface area contributed by atoms with Gasteiger partial charge >= 0.3 is 6.18 Å². The molecule has 0 aromatic carbocycles. The predicted molar refractivity (Wildman–Crippen MR) is 60.8 cm³/mol. The van der Waals surface area contributed by atoms with E-state index >= 15 is 0 Å². The minimum atomic E-state index is -4.42. The zero-order chi connectivity index (χ0) is 13.6. The normalized spacial score (nSPS) is 11.4. The summed E-state index contributed by atoms with van der Waals surface area (Å²) in [4.78, 5) is 3.87. The van der Waals surface area contributed by atoms with E-state index in [9.17, 15) is 13.2 Å². The fourth-order valence-electron chi connectivity index (χ4n) is 1.22. The average Bonchev–Trinajstić information content (AvgIpc) is 2.33. The van der Waals surface area contributed by atoms with Crippen LogP contribution >= 0.6 is 0 Å². The molecule has 1 N–H and O–H groups in total. The van der Waals surface area contributed by atoms with E-state index in [4.69, 9.17) is 9.47 Å². The first-order valence-electron chi connectivity index (χ1n) is 5.45. The van der Waals surface area contributed by atoms with E-state index in [1.807, 2.05) is 6.92 Å².